The number of nitrogens with one attached hydrogen (secondary N) is 1. The fourth-order valence-electron chi connectivity index (χ4n) is 2.53. The van der Waals surface area contributed by atoms with Crippen LogP contribution in [0.15, 0.2) is 29.2 Å². The summed E-state index contributed by atoms with van der Waals surface area (Å²) in [5, 5.41) is 0. The largest absolute Gasteiger partial charge is 0.497 e. The molecule has 0 bridgehead atoms. The van der Waals surface area contributed by atoms with Crippen LogP contribution in [-0.2, 0) is 9.59 Å². The van der Waals surface area contributed by atoms with Gasteiger partial charge in [0.2, 0.25) is 5.91 Å². The Bertz CT molecular complexity index is 555. The summed E-state index contributed by atoms with van der Waals surface area (Å²) >= 11 is 1.54. The number of carbonyl (C=O) groups excluding carboxylic acids is 2. The Labute approximate surface area is 147 Å². The smallest absolute Gasteiger partial charge is 0.277 e. The van der Waals surface area contributed by atoms with Gasteiger partial charge >= 0.3 is 0 Å². The first-order valence-electron chi connectivity index (χ1n) is 8.08. The number of nitrogens with zero attached hydrogens (tertiary/aromatic N) is 2. The first-order chi connectivity index (χ1) is 11.5. The van der Waals surface area contributed by atoms with Crippen LogP contribution in [0.5, 0.6) is 5.75 Å². The summed E-state index contributed by atoms with van der Waals surface area (Å²) in [6, 6.07) is 7.73. The van der Waals surface area contributed by atoms with E-state index in [1.54, 1.807) is 37.9 Å². The quantitative estimate of drug-likeness (QED) is 0.708. The molecule has 2 amide bonds. The normalized spacial score (nSPS) is 15.2. The molecule has 24 heavy (non-hydrogen) atoms. The zero-order valence-corrected chi connectivity index (χ0v) is 15.4. The van der Waals surface area contributed by atoms with Crippen LogP contribution in [0.4, 0.5) is 0 Å². The second-order valence-corrected chi connectivity index (χ2v) is 7.11. The Kier molecular flexibility index (Phi) is 6.93. The third kappa shape index (κ3) is 5.42. The van der Waals surface area contributed by atoms with Crippen molar-refractivity contribution in [2.45, 2.75) is 4.90 Å². The van der Waals surface area contributed by atoms with Crippen molar-refractivity contribution in [3.8, 4) is 5.75 Å². The molecule has 0 saturated carbocycles. The van der Waals surface area contributed by atoms with E-state index in [1.807, 2.05) is 29.2 Å². The predicted octanol–water partition coefficient (Wildman–Crippen LogP) is -0.397. The predicted molar refractivity (Wildman–Crippen MR) is 94.6 cm³/mol. The zero-order valence-electron chi connectivity index (χ0n) is 14.6. The van der Waals surface area contributed by atoms with Crippen LogP contribution in [0, 0.1) is 0 Å². The molecule has 1 aromatic carbocycles. The van der Waals surface area contributed by atoms with Crippen LogP contribution in [-0.4, -0.2) is 81.3 Å². The molecule has 1 aliphatic heterocycles. The maximum absolute atomic E-state index is 12.3. The molecule has 1 heterocycles. The fraction of sp³-hybridized carbons (Fsp3) is 0.529. The lowest BCUT2D eigenvalue weighted by molar-refractivity contribution is -0.896. The number of benzene rings is 1. The third-order valence-corrected chi connectivity index (χ3v) is 5.14. The van der Waals surface area contributed by atoms with Gasteiger partial charge in [-0.05, 0) is 24.3 Å². The number of likely N-dealkylation sites (N-methyl/N-ethyl adjacent to an activating group) is 1. The molecule has 0 aliphatic carbocycles. The highest BCUT2D eigenvalue weighted by Crippen LogP contribution is 2.21. The summed E-state index contributed by atoms with van der Waals surface area (Å²) in [5.41, 5.74) is 0. The monoisotopic (exact) mass is 352 g/mol. The maximum atomic E-state index is 12.3. The lowest BCUT2D eigenvalue weighted by atomic mass is 10.3. The summed E-state index contributed by atoms with van der Waals surface area (Å²) < 4.78 is 5.13. The van der Waals surface area contributed by atoms with Gasteiger partial charge < -0.3 is 19.4 Å². The van der Waals surface area contributed by atoms with E-state index in [0.717, 1.165) is 36.8 Å². The molecule has 1 aliphatic rings. The number of amides is 2. The van der Waals surface area contributed by atoms with E-state index < -0.39 is 0 Å². The number of hydrogen-bond donors (Lipinski definition) is 1. The van der Waals surface area contributed by atoms with Crippen molar-refractivity contribution in [1.29, 1.82) is 0 Å². The first kappa shape index (κ1) is 18.6. The topological polar surface area (TPSA) is 54.3 Å². The number of thioether (sulfide) groups is 1. The van der Waals surface area contributed by atoms with Gasteiger partial charge in [-0.1, -0.05) is 0 Å². The van der Waals surface area contributed by atoms with Gasteiger partial charge in [0, 0.05) is 19.0 Å². The number of hydrogen-bond acceptors (Lipinski definition) is 4. The van der Waals surface area contributed by atoms with Gasteiger partial charge in [0.05, 0.1) is 39.0 Å². The Hall–Kier alpha value is -1.73. The zero-order chi connectivity index (χ0) is 17.5. The number of quaternary nitrogens is 1. The Morgan fingerprint density at radius 1 is 1.21 bits per heavy atom. The lowest BCUT2D eigenvalue weighted by Gasteiger charge is -2.32. The maximum Gasteiger partial charge on any atom is 0.277 e. The summed E-state index contributed by atoms with van der Waals surface area (Å²) in [6.45, 7) is 3.61. The molecule has 1 saturated heterocycles. The van der Waals surface area contributed by atoms with Crippen molar-refractivity contribution >= 4 is 23.6 Å². The molecular formula is C17H26N3O3S+. The molecule has 0 radical (unpaired) electrons. The van der Waals surface area contributed by atoms with Crippen molar-refractivity contribution in [3.05, 3.63) is 24.3 Å². The average molecular weight is 352 g/mol. The first-order valence-corrected chi connectivity index (χ1v) is 9.06. The van der Waals surface area contributed by atoms with Gasteiger partial charge in [-0.2, -0.15) is 0 Å². The highest BCUT2D eigenvalue weighted by Gasteiger charge is 2.25. The van der Waals surface area contributed by atoms with E-state index in [4.69, 9.17) is 4.74 Å². The van der Waals surface area contributed by atoms with Crippen LogP contribution < -0.4 is 9.64 Å². The van der Waals surface area contributed by atoms with E-state index >= 15 is 0 Å². The van der Waals surface area contributed by atoms with Crippen LogP contribution in [0.25, 0.3) is 0 Å². The molecule has 0 aromatic heterocycles. The number of rotatable bonds is 6. The molecule has 1 fully saturated rings. The number of piperazine rings is 1. The van der Waals surface area contributed by atoms with E-state index in [2.05, 4.69) is 0 Å². The van der Waals surface area contributed by atoms with Crippen LogP contribution in [0.3, 0.4) is 0 Å². The highest BCUT2D eigenvalue weighted by molar-refractivity contribution is 8.00. The standard InChI is InChI=1S/C17H25N3O3S/c1-18(2)16(21)12-19-8-10-20(11-9-19)17(22)13-24-15-6-4-14(23-3)5-7-15/h4-7H,8-13H2,1-3H3/p+1. The number of carbonyl (C=O) groups is 2. The summed E-state index contributed by atoms with van der Waals surface area (Å²) in [4.78, 5) is 29.9. The molecule has 1 N–H and O–H groups in total. The van der Waals surface area contributed by atoms with Gasteiger partial charge in [0.25, 0.3) is 5.91 Å². The molecule has 7 heteroatoms. The van der Waals surface area contributed by atoms with Crippen molar-refractivity contribution in [2.24, 2.45) is 0 Å². The third-order valence-electron chi connectivity index (χ3n) is 4.15. The van der Waals surface area contributed by atoms with E-state index in [0.29, 0.717) is 12.3 Å². The minimum atomic E-state index is 0.139. The minimum absolute atomic E-state index is 0.139. The van der Waals surface area contributed by atoms with Gasteiger partial charge in [-0.15, -0.1) is 11.8 Å². The highest BCUT2D eigenvalue weighted by atomic mass is 32.2. The summed E-state index contributed by atoms with van der Waals surface area (Å²) in [6.07, 6.45) is 0. The van der Waals surface area contributed by atoms with Gasteiger partial charge in [-0.25, -0.2) is 0 Å². The fourth-order valence-corrected chi connectivity index (χ4v) is 3.33. The molecule has 6 nitrogen and oxygen atoms in total. The molecule has 0 spiro atoms. The SMILES string of the molecule is COc1ccc(SCC(=O)N2CC[NH+](CC(=O)N(C)C)CC2)cc1. The van der Waals surface area contributed by atoms with Gasteiger partial charge in [0.1, 0.15) is 5.75 Å². The van der Waals surface area contributed by atoms with E-state index in [1.165, 1.54) is 4.90 Å². The molecular weight excluding hydrogens is 326 g/mol. The van der Waals surface area contributed by atoms with Crippen LogP contribution in [0.1, 0.15) is 0 Å². The van der Waals surface area contributed by atoms with Crippen LogP contribution in [0.2, 0.25) is 0 Å². The molecule has 132 valence electrons. The Balaban J connectivity index is 1.73. The van der Waals surface area contributed by atoms with Crippen molar-refractivity contribution < 1.29 is 19.2 Å². The minimum Gasteiger partial charge on any atom is -0.497 e. The molecule has 1 aromatic rings. The van der Waals surface area contributed by atoms with Crippen molar-refractivity contribution in [1.82, 2.24) is 9.80 Å². The number of ether oxygens (including phenoxy) is 1. The Morgan fingerprint density at radius 2 is 1.83 bits per heavy atom. The average Bonchev–Trinajstić information content (AvgIpc) is 2.60. The van der Waals surface area contributed by atoms with Crippen molar-refractivity contribution in [3.63, 3.8) is 0 Å². The van der Waals surface area contributed by atoms with Crippen molar-refractivity contribution in [2.75, 3.05) is 59.7 Å². The molecule has 0 unspecified atom stereocenters. The second-order valence-electron chi connectivity index (χ2n) is 6.06. The van der Waals surface area contributed by atoms with E-state index in [9.17, 15) is 9.59 Å². The van der Waals surface area contributed by atoms with Crippen LogP contribution >= 0.6 is 11.8 Å². The summed E-state index contributed by atoms with van der Waals surface area (Å²) in [7, 11) is 5.19. The molecule has 0 atom stereocenters. The van der Waals surface area contributed by atoms with Gasteiger partial charge in [-0.3, -0.25) is 9.59 Å². The summed E-state index contributed by atoms with van der Waals surface area (Å²) in [5.74, 6) is 1.56. The molecule has 2 rings (SSSR count). The second kappa shape index (κ2) is 8.94. The van der Waals surface area contributed by atoms with E-state index in [-0.39, 0.29) is 11.8 Å². The Morgan fingerprint density at radius 3 is 2.38 bits per heavy atom. The van der Waals surface area contributed by atoms with Gasteiger partial charge in [0.15, 0.2) is 6.54 Å². The lowest BCUT2D eigenvalue weighted by Crippen LogP contribution is -3.15. The number of methoxy groups -OCH3 is 1.